The molecule has 0 heterocycles. The molecule has 23 heavy (non-hydrogen) atoms. The van der Waals surface area contributed by atoms with E-state index < -0.39 is 10.0 Å². The lowest BCUT2D eigenvalue weighted by Crippen LogP contribution is -2.28. The number of carbonyl (C=O) groups excluding carboxylic acids is 1. The van der Waals surface area contributed by atoms with Gasteiger partial charge in [-0.15, -0.1) is 0 Å². The lowest BCUT2D eigenvalue weighted by atomic mass is 10.3. The molecule has 7 heteroatoms. The number of para-hydroxylation sites is 1. The third kappa shape index (κ3) is 5.00. The SMILES string of the molecule is CCNC(=O)COc1ccc(S(=O)(=O)Nc2ccccc2)cc1. The molecule has 2 aromatic carbocycles. The lowest BCUT2D eigenvalue weighted by molar-refractivity contribution is -0.122. The van der Waals surface area contributed by atoms with Gasteiger partial charge in [-0.25, -0.2) is 8.42 Å². The van der Waals surface area contributed by atoms with Gasteiger partial charge < -0.3 is 10.1 Å². The van der Waals surface area contributed by atoms with Crippen molar-refractivity contribution in [1.82, 2.24) is 5.32 Å². The van der Waals surface area contributed by atoms with Crippen LogP contribution in [-0.2, 0) is 14.8 Å². The highest BCUT2D eigenvalue weighted by Gasteiger charge is 2.14. The summed E-state index contributed by atoms with van der Waals surface area (Å²) in [6, 6.07) is 14.5. The van der Waals surface area contributed by atoms with E-state index in [1.807, 2.05) is 6.92 Å². The van der Waals surface area contributed by atoms with Crippen LogP contribution in [0.25, 0.3) is 0 Å². The van der Waals surface area contributed by atoms with Crippen LogP contribution in [0.5, 0.6) is 5.75 Å². The zero-order valence-electron chi connectivity index (χ0n) is 12.7. The van der Waals surface area contributed by atoms with E-state index in [0.717, 1.165) is 0 Å². The van der Waals surface area contributed by atoms with E-state index in [4.69, 9.17) is 4.74 Å². The number of nitrogens with one attached hydrogen (secondary N) is 2. The third-order valence-electron chi connectivity index (χ3n) is 2.90. The van der Waals surface area contributed by atoms with Crippen LogP contribution in [0.15, 0.2) is 59.5 Å². The van der Waals surface area contributed by atoms with E-state index in [0.29, 0.717) is 18.0 Å². The van der Waals surface area contributed by atoms with E-state index in [2.05, 4.69) is 10.0 Å². The molecule has 0 fully saturated rings. The highest BCUT2D eigenvalue weighted by atomic mass is 32.2. The zero-order chi connectivity index (χ0) is 16.7. The van der Waals surface area contributed by atoms with Crippen molar-refractivity contribution in [2.75, 3.05) is 17.9 Å². The molecule has 0 atom stereocenters. The number of amides is 1. The van der Waals surface area contributed by atoms with Gasteiger partial charge in [-0.1, -0.05) is 18.2 Å². The lowest BCUT2D eigenvalue weighted by Gasteiger charge is -2.09. The maximum Gasteiger partial charge on any atom is 0.261 e. The van der Waals surface area contributed by atoms with Gasteiger partial charge in [-0.3, -0.25) is 9.52 Å². The predicted molar refractivity (Wildman–Crippen MR) is 87.9 cm³/mol. The molecule has 0 aliphatic carbocycles. The fourth-order valence-electron chi connectivity index (χ4n) is 1.83. The minimum absolute atomic E-state index is 0.109. The number of ether oxygens (including phenoxy) is 1. The van der Waals surface area contributed by atoms with Gasteiger partial charge in [0.2, 0.25) is 0 Å². The second-order valence-electron chi connectivity index (χ2n) is 4.69. The number of carbonyl (C=O) groups is 1. The van der Waals surface area contributed by atoms with Gasteiger partial charge in [0.05, 0.1) is 4.90 Å². The molecule has 1 amide bonds. The van der Waals surface area contributed by atoms with Crippen LogP contribution in [0.4, 0.5) is 5.69 Å². The Bertz CT molecular complexity index is 743. The first-order valence-electron chi connectivity index (χ1n) is 7.08. The van der Waals surface area contributed by atoms with Gasteiger partial charge in [0.15, 0.2) is 6.61 Å². The highest BCUT2D eigenvalue weighted by molar-refractivity contribution is 7.92. The fourth-order valence-corrected chi connectivity index (χ4v) is 2.89. The summed E-state index contributed by atoms with van der Waals surface area (Å²) in [4.78, 5) is 11.4. The number of benzene rings is 2. The molecule has 0 saturated carbocycles. The van der Waals surface area contributed by atoms with Crippen LogP contribution in [0, 0.1) is 0 Å². The Kier molecular flexibility index (Phi) is 5.59. The van der Waals surface area contributed by atoms with Crippen molar-refractivity contribution in [3.63, 3.8) is 0 Å². The molecule has 6 nitrogen and oxygen atoms in total. The van der Waals surface area contributed by atoms with Gasteiger partial charge >= 0.3 is 0 Å². The Labute approximate surface area is 135 Å². The topological polar surface area (TPSA) is 84.5 Å². The van der Waals surface area contributed by atoms with Crippen molar-refractivity contribution in [2.24, 2.45) is 0 Å². The van der Waals surface area contributed by atoms with Gasteiger partial charge in [0, 0.05) is 12.2 Å². The first kappa shape index (κ1) is 16.8. The molecule has 2 aromatic rings. The Morgan fingerprint density at radius 1 is 1.04 bits per heavy atom. The Hall–Kier alpha value is -2.54. The molecule has 0 bridgehead atoms. The maximum absolute atomic E-state index is 12.2. The molecule has 0 aliphatic rings. The van der Waals surface area contributed by atoms with Crippen molar-refractivity contribution >= 4 is 21.6 Å². The maximum atomic E-state index is 12.2. The second-order valence-corrected chi connectivity index (χ2v) is 6.37. The Morgan fingerprint density at radius 3 is 2.30 bits per heavy atom. The Morgan fingerprint density at radius 2 is 1.70 bits per heavy atom. The van der Waals surface area contributed by atoms with E-state index in [1.165, 1.54) is 24.3 Å². The van der Waals surface area contributed by atoms with E-state index >= 15 is 0 Å². The average Bonchev–Trinajstić information content (AvgIpc) is 2.54. The van der Waals surface area contributed by atoms with Crippen LogP contribution < -0.4 is 14.8 Å². The quantitative estimate of drug-likeness (QED) is 0.811. The first-order chi connectivity index (χ1) is 11.0. The largest absolute Gasteiger partial charge is 0.484 e. The molecule has 0 unspecified atom stereocenters. The molecule has 2 N–H and O–H groups in total. The zero-order valence-corrected chi connectivity index (χ0v) is 13.5. The smallest absolute Gasteiger partial charge is 0.261 e. The summed E-state index contributed by atoms with van der Waals surface area (Å²) in [5.74, 6) is 0.199. The summed E-state index contributed by atoms with van der Waals surface area (Å²) < 4.78 is 32.3. The van der Waals surface area contributed by atoms with Gasteiger partial charge in [0.25, 0.3) is 15.9 Å². The number of hydrogen-bond acceptors (Lipinski definition) is 4. The molecule has 0 spiro atoms. The second kappa shape index (κ2) is 7.64. The van der Waals surface area contributed by atoms with Gasteiger partial charge in [0.1, 0.15) is 5.75 Å². The van der Waals surface area contributed by atoms with Crippen LogP contribution >= 0.6 is 0 Å². The number of anilines is 1. The van der Waals surface area contributed by atoms with E-state index in [-0.39, 0.29) is 17.4 Å². The third-order valence-corrected chi connectivity index (χ3v) is 4.30. The van der Waals surface area contributed by atoms with Crippen molar-refractivity contribution in [3.05, 3.63) is 54.6 Å². The van der Waals surface area contributed by atoms with E-state index in [1.54, 1.807) is 30.3 Å². The van der Waals surface area contributed by atoms with Crippen molar-refractivity contribution < 1.29 is 17.9 Å². The molecule has 0 saturated heterocycles. The summed E-state index contributed by atoms with van der Waals surface area (Å²) in [7, 11) is -3.65. The van der Waals surface area contributed by atoms with Crippen molar-refractivity contribution in [1.29, 1.82) is 0 Å². The first-order valence-corrected chi connectivity index (χ1v) is 8.57. The molecule has 0 aromatic heterocycles. The van der Waals surface area contributed by atoms with E-state index in [9.17, 15) is 13.2 Å². The summed E-state index contributed by atoms with van der Waals surface area (Å²) in [5, 5.41) is 2.61. The number of hydrogen-bond donors (Lipinski definition) is 2. The number of likely N-dealkylation sites (N-methyl/N-ethyl adjacent to an activating group) is 1. The summed E-state index contributed by atoms with van der Waals surface area (Å²) >= 11 is 0. The standard InChI is InChI=1S/C16H18N2O4S/c1-2-17-16(19)12-22-14-8-10-15(11-9-14)23(20,21)18-13-6-4-3-5-7-13/h3-11,18H,2,12H2,1H3,(H,17,19). The van der Waals surface area contributed by atoms with Crippen LogP contribution in [0.1, 0.15) is 6.92 Å². The van der Waals surface area contributed by atoms with Gasteiger partial charge in [-0.05, 0) is 43.3 Å². The molecule has 2 rings (SSSR count). The predicted octanol–water partition coefficient (Wildman–Crippen LogP) is 2.00. The molecule has 122 valence electrons. The number of rotatable bonds is 7. The normalized spacial score (nSPS) is 10.8. The van der Waals surface area contributed by atoms with Crippen LogP contribution in [0.2, 0.25) is 0 Å². The summed E-state index contributed by atoms with van der Waals surface area (Å²) in [5.41, 5.74) is 0.490. The average molecular weight is 334 g/mol. The van der Waals surface area contributed by atoms with Crippen LogP contribution in [0.3, 0.4) is 0 Å². The van der Waals surface area contributed by atoms with Crippen molar-refractivity contribution in [3.8, 4) is 5.75 Å². The molecular weight excluding hydrogens is 316 g/mol. The molecular formula is C16H18N2O4S. The fraction of sp³-hybridized carbons (Fsp3) is 0.188. The summed E-state index contributed by atoms with van der Waals surface area (Å²) in [6.45, 7) is 2.24. The Balaban J connectivity index is 2.02. The monoisotopic (exact) mass is 334 g/mol. The molecule has 0 aliphatic heterocycles. The number of sulfonamides is 1. The minimum atomic E-state index is -3.65. The minimum Gasteiger partial charge on any atom is -0.484 e. The van der Waals surface area contributed by atoms with Gasteiger partial charge in [-0.2, -0.15) is 0 Å². The highest BCUT2D eigenvalue weighted by Crippen LogP contribution is 2.19. The van der Waals surface area contributed by atoms with Crippen molar-refractivity contribution in [2.45, 2.75) is 11.8 Å². The summed E-state index contributed by atoms with van der Waals surface area (Å²) in [6.07, 6.45) is 0. The molecule has 0 radical (unpaired) electrons. The van der Waals surface area contributed by atoms with Crippen LogP contribution in [-0.4, -0.2) is 27.5 Å².